The Morgan fingerprint density at radius 1 is 1.38 bits per heavy atom. The summed E-state index contributed by atoms with van der Waals surface area (Å²) >= 11 is 1.89. The molecule has 1 fully saturated rings. The Labute approximate surface area is 133 Å². The van der Waals surface area contributed by atoms with Gasteiger partial charge in [-0.2, -0.15) is 0 Å². The van der Waals surface area contributed by atoms with Crippen LogP contribution in [0.4, 0.5) is 5.13 Å². The first-order chi connectivity index (χ1) is 10.0. The summed E-state index contributed by atoms with van der Waals surface area (Å²) in [5, 5.41) is 4.76. The number of anilines is 1. The molecule has 1 saturated heterocycles. The second-order valence-corrected chi connectivity index (χ2v) is 7.52. The molecule has 1 N–H and O–H groups in total. The van der Waals surface area contributed by atoms with Crippen LogP contribution in [-0.2, 0) is 13.0 Å². The summed E-state index contributed by atoms with van der Waals surface area (Å²) in [6.45, 7) is 13.2. The summed E-state index contributed by atoms with van der Waals surface area (Å²) in [6.07, 6.45) is 2.25. The fourth-order valence-corrected chi connectivity index (χ4v) is 3.97. The molecule has 0 aromatic carbocycles. The minimum atomic E-state index is 0.521. The predicted octanol–water partition coefficient (Wildman–Crippen LogP) is 2.73. The Kier molecular flexibility index (Phi) is 6.02. The SMILES string of the molecule is CCCc1nc(N2CCN(C)CC2C)sc1CNC(C)C. The van der Waals surface area contributed by atoms with Crippen molar-refractivity contribution in [1.82, 2.24) is 15.2 Å². The van der Waals surface area contributed by atoms with E-state index in [0.717, 1.165) is 39.0 Å². The average molecular weight is 311 g/mol. The fraction of sp³-hybridized carbons (Fsp3) is 0.812. The van der Waals surface area contributed by atoms with E-state index in [2.05, 4.69) is 49.9 Å². The van der Waals surface area contributed by atoms with Crippen LogP contribution in [0.2, 0.25) is 0 Å². The van der Waals surface area contributed by atoms with Crippen molar-refractivity contribution in [3.05, 3.63) is 10.6 Å². The quantitative estimate of drug-likeness (QED) is 0.875. The topological polar surface area (TPSA) is 31.4 Å². The van der Waals surface area contributed by atoms with Crippen LogP contribution in [-0.4, -0.2) is 48.6 Å². The minimum Gasteiger partial charge on any atom is -0.343 e. The monoisotopic (exact) mass is 310 g/mol. The maximum absolute atomic E-state index is 4.96. The van der Waals surface area contributed by atoms with E-state index in [0.29, 0.717) is 12.1 Å². The molecule has 0 radical (unpaired) electrons. The lowest BCUT2D eigenvalue weighted by Crippen LogP contribution is -2.50. The van der Waals surface area contributed by atoms with E-state index < -0.39 is 0 Å². The van der Waals surface area contributed by atoms with Gasteiger partial charge in [-0.15, -0.1) is 11.3 Å². The maximum Gasteiger partial charge on any atom is 0.186 e. The van der Waals surface area contributed by atoms with Gasteiger partial charge in [-0.3, -0.25) is 0 Å². The third-order valence-corrected chi connectivity index (χ3v) is 5.14. The number of nitrogens with one attached hydrogen (secondary N) is 1. The van der Waals surface area contributed by atoms with Crippen molar-refractivity contribution in [3.63, 3.8) is 0 Å². The molecule has 5 heteroatoms. The zero-order chi connectivity index (χ0) is 15.4. The van der Waals surface area contributed by atoms with Gasteiger partial charge in [0.25, 0.3) is 0 Å². The van der Waals surface area contributed by atoms with E-state index in [1.54, 1.807) is 0 Å². The Morgan fingerprint density at radius 3 is 2.76 bits per heavy atom. The molecule has 1 aliphatic heterocycles. The first-order valence-electron chi connectivity index (χ1n) is 8.18. The van der Waals surface area contributed by atoms with Gasteiger partial charge in [0.05, 0.1) is 5.69 Å². The first kappa shape index (κ1) is 16.7. The fourth-order valence-electron chi connectivity index (χ4n) is 2.78. The Morgan fingerprint density at radius 2 is 2.14 bits per heavy atom. The average Bonchev–Trinajstić information content (AvgIpc) is 2.80. The third-order valence-electron chi connectivity index (χ3n) is 4.00. The van der Waals surface area contributed by atoms with Gasteiger partial charge >= 0.3 is 0 Å². The maximum atomic E-state index is 4.96. The van der Waals surface area contributed by atoms with Gasteiger partial charge in [-0.25, -0.2) is 4.98 Å². The highest BCUT2D eigenvalue weighted by Gasteiger charge is 2.25. The number of hydrogen-bond acceptors (Lipinski definition) is 5. The van der Waals surface area contributed by atoms with Crippen molar-refractivity contribution in [2.24, 2.45) is 0 Å². The number of rotatable bonds is 6. The molecule has 0 saturated carbocycles. The zero-order valence-electron chi connectivity index (χ0n) is 14.1. The van der Waals surface area contributed by atoms with Crippen molar-refractivity contribution < 1.29 is 0 Å². The zero-order valence-corrected chi connectivity index (χ0v) is 15.0. The molecule has 120 valence electrons. The van der Waals surface area contributed by atoms with Crippen LogP contribution in [0.1, 0.15) is 44.7 Å². The van der Waals surface area contributed by atoms with E-state index in [-0.39, 0.29) is 0 Å². The summed E-state index contributed by atoms with van der Waals surface area (Å²) in [6, 6.07) is 1.07. The predicted molar refractivity (Wildman–Crippen MR) is 92.4 cm³/mol. The summed E-state index contributed by atoms with van der Waals surface area (Å²) < 4.78 is 0. The molecule has 2 heterocycles. The van der Waals surface area contributed by atoms with Crippen LogP contribution in [0.5, 0.6) is 0 Å². The van der Waals surface area contributed by atoms with E-state index >= 15 is 0 Å². The molecule has 1 aromatic rings. The van der Waals surface area contributed by atoms with Crippen molar-refractivity contribution >= 4 is 16.5 Å². The van der Waals surface area contributed by atoms with Crippen LogP contribution in [0.25, 0.3) is 0 Å². The normalized spacial score (nSPS) is 20.5. The molecule has 2 rings (SSSR count). The number of thiazole rings is 1. The van der Waals surface area contributed by atoms with E-state index in [4.69, 9.17) is 4.98 Å². The lowest BCUT2D eigenvalue weighted by molar-refractivity contribution is 0.275. The standard InChI is InChI=1S/C16H30N4S/c1-6-7-14-15(10-17-12(2)3)21-16(18-14)20-9-8-19(5)11-13(20)4/h12-13,17H,6-11H2,1-5H3. The molecule has 1 aliphatic rings. The number of aromatic nitrogens is 1. The Balaban J connectivity index is 2.14. The van der Waals surface area contributed by atoms with Gasteiger partial charge in [0.15, 0.2) is 5.13 Å². The van der Waals surface area contributed by atoms with Crippen molar-refractivity contribution in [2.45, 2.75) is 59.2 Å². The van der Waals surface area contributed by atoms with Crippen molar-refractivity contribution in [3.8, 4) is 0 Å². The molecule has 0 aliphatic carbocycles. The van der Waals surface area contributed by atoms with E-state index in [1.165, 1.54) is 15.7 Å². The largest absolute Gasteiger partial charge is 0.343 e. The van der Waals surface area contributed by atoms with Gasteiger partial charge in [0.2, 0.25) is 0 Å². The number of aryl methyl sites for hydroxylation is 1. The minimum absolute atomic E-state index is 0.521. The lowest BCUT2D eigenvalue weighted by Gasteiger charge is -2.38. The second-order valence-electron chi connectivity index (χ2n) is 6.46. The Hall–Kier alpha value is -0.650. The van der Waals surface area contributed by atoms with Crippen LogP contribution in [0.15, 0.2) is 0 Å². The van der Waals surface area contributed by atoms with Crippen molar-refractivity contribution in [1.29, 1.82) is 0 Å². The van der Waals surface area contributed by atoms with E-state index in [1.807, 2.05) is 11.3 Å². The molecule has 0 bridgehead atoms. The molecule has 0 spiro atoms. The van der Waals surface area contributed by atoms with Crippen LogP contribution in [0, 0.1) is 0 Å². The highest BCUT2D eigenvalue weighted by atomic mass is 32.1. The first-order valence-corrected chi connectivity index (χ1v) is 9.00. The molecule has 1 aromatic heterocycles. The summed E-state index contributed by atoms with van der Waals surface area (Å²) in [7, 11) is 2.20. The molecular weight excluding hydrogens is 280 g/mol. The number of likely N-dealkylation sites (N-methyl/N-ethyl adjacent to an activating group) is 1. The lowest BCUT2D eigenvalue weighted by atomic mass is 10.2. The molecule has 1 unspecified atom stereocenters. The number of piperazine rings is 1. The van der Waals surface area contributed by atoms with Gasteiger partial charge in [0, 0.05) is 43.1 Å². The van der Waals surface area contributed by atoms with Gasteiger partial charge in [-0.1, -0.05) is 27.2 Å². The van der Waals surface area contributed by atoms with Gasteiger partial charge in [0.1, 0.15) is 0 Å². The summed E-state index contributed by atoms with van der Waals surface area (Å²) in [5.74, 6) is 0. The highest BCUT2D eigenvalue weighted by Crippen LogP contribution is 2.29. The summed E-state index contributed by atoms with van der Waals surface area (Å²) in [5.41, 5.74) is 1.30. The van der Waals surface area contributed by atoms with E-state index in [9.17, 15) is 0 Å². The number of nitrogens with zero attached hydrogens (tertiary/aromatic N) is 3. The second kappa shape index (κ2) is 7.56. The van der Waals surface area contributed by atoms with Crippen LogP contribution < -0.4 is 10.2 Å². The van der Waals surface area contributed by atoms with Gasteiger partial charge < -0.3 is 15.1 Å². The highest BCUT2D eigenvalue weighted by molar-refractivity contribution is 7.15. The molecule has 4 nitrogen and oxygen atoms in total. The Bertz CT molecular complexity index is 443. The smallest absolute Gasteiger partial charge is 0.186 e. The van der Waals surface area contributed by atoms with Crippen molar-refractivity contribution in [2.75, 3.05) is 31.6 Å². The third kappa shape index (κ3) is 4.41. The molecule has 1 atom stereocenters. The van der Waals surface area contributed by atoms with Crippen LogP contribution in [0.3, 0.4) is 0 Å². The molecule has 0 amide bonds. The van der Waals surface area contributed by atoms with Crippen LogP contribution >= 0.6 is 11.3 Å². The van der Waals surface area contributed by atoms with Gasteiger partial charge in [-0.05, 0) is 20.4 Å². The number of hydrogen-bond donors (Lipinski definition) is 1. The summed E-state index contributed by atoms with van der Waals surface area (Å²) in [4.78, 5) is 11.3. The molecular formula is C16H30N4S. The molecule has 21 heavy (non-hydrogen) atoms.